The van der Waals surface area contributed by atoms with Gasteiger partial charge in [-0.3, -0.25) is 0 Å². The van der Waals surface area contributed by atoms with Crippen LogP contribution in [0.5, 0.6) is 11.5 Å². The molecule has 3 rings (SSSR count). The van der Waals surface area contributed by atoms with E-state index in [1.807, 2.05) is 11.0 Å². The van der Waals surface area contributed by atoms with Crippen LogP contribution in [-0.4, -0.2) is 62.1 Å². The van der Waals surface area contributed by atoms with E-state index in [1.165, 1.54) is 6.07 Å². The first-order valence-electron chi connectivity index (χ1n) is 7.78. The molecule has 1 heterocycles. The normalized spacial score (nSPS) is 14.0. The van der Waals surface area contributed by atoms with Gasteiger partial charge >= 0.3 is 35.5 Å². The van der Waals surface area contributed by atoms with Crippen molar-refractivity contribution in [2.75, 3.05) is 18.0 Å². The molecular formula is C17H19N2NaO5S. The molecule has 134 valence electrons. The van der Waals surface area contributed by atoms with E-state index in [-0.39, 0.29) is 45.8 Å². The van der Waals surface area contributed by atoms with Crippen LogP contribution in [0.1, 0.15) is 23.2 Å². The number of sulfonamides is 1. The Hall–Kier alpha value is -1.58. The van der Waals surface area contributed by atoms with E-state index in [9.17, 15) is 18.3 Å². The maximum atomic E-state index is 12.1. The third kappa shape index (κ3) is 4.57. The Kier molecular flexibility index (Phi) is 6.70. The van der Waals surface area contributed by atoms with Crippen molar-refractivity contribution in [3.63, 3.8) is 0 Å². The first-order chi connectivity index (χ1) is 11.9. The molecule has 1 fully saturated rings. The predicted molar refractivity (Wildman–Crippen MR) is 99.9 cm³/mol. The molecule has 1 aliphatic heterocycles. The number of nitrogens with two attached hydrogens (primary N) is 1. The Labute approximate surface area is 174 Å². The Balaban J connectivity index is 0.00000243. The molecule has 1 aliphatic rings. The molecule has 9 heteroatoms. The average molecular weight is 386 g/mol. The molecule has 0 aliphatic carbocycles. The summed E-state index contributed by atoms with van der Waals surface area (Å²) in [5.74, 6) is -0.729. The van der Waals surface area contributed by atoms with Crippen molar-refractivity contribution in [3.8, 4) is 11.5 Å². The van der Waals surface area contributed by atoms with Crippen LogP contribution in [0.4, 0.5) is 5.69 Å². The topological polar surface area (TPSA) is 110 Å². The SMILES string of the molecule is NS(=O)(=O)c1cc(C(=O)O)cc(N2CCCC2)c1Oc1ccccc1.[NaH]. The van der Waals surface area contributed by atoms with Gasteiger partial charge in [-0.1, -0.05) is 18.2 Å². The Bertz CT molecular complexity index is 897. The summed E-state index contributed by atoms with van der Waals surface area (Å²) in [6, 6.07) is 11.2. The number of para-hydroxylation sites is 1. The van der Waals surface area contributed by atoms with E-state index < -0.39 is 16.0 Å². The van der Waals surface area contributed by atoms with Crippen LogP contribution >= 0.6 is 0 Å². The zero-order valence-electron chi connectivity index (χ0n) is 13.4. The van der Waals surface area contributed by atoms with E-state index in [0.29, 0.717) is 24.5 Å². The summed E-state index contributed by atoms with van der Waals surface area (Å²) in [6.07, 6.45) is 1.87. The van der Waals surface area contributed by atoms with Crippen molar-refractivity contribution >= 4 is 51.2 Å². The number of primary sulfonamides is 1. The quantitative estimate of drug-likeness (QED) is 0.758. The van der Waals surface area contributed by atoms with Gasteiger partial charge in [0.15, 0.2) is 5.75 Å². The van der Waals surface area contributed by atoms with Crippen molar-refractivity contribution in [2.24, 2.45) is 5.14 Å². The first-order valence-corrected chi connectivity index (χ1v) is 9.33. The number of carboxylic acids is 1. The molecule has 0 amide bonds. The molecule has 0 radical (unpaired) electrons. The number of ether oxygens (including phenoxy) is 1. The fraction of sp³-hybridized carbons (Fsp3) is 0.235. The fourth-order valence-electron chi connectivity index (χ4n) is 2.82. The summed E-state index contributed by atoms with van der Waals surface area (Å²) in [5.41, 5.74) is 0.275. The van der Waals surface area contributed by atoms with Crippen LogP contribution in [-0.2, 0) is 10.0 Å². The van der Waals surface area contributed by atoms with Crippen LogP contribution in [0.3, 0.4) is 0 Å². The van der Waals surface area contributed by atoms with Crippen molar-refractivity contribution in [3.05, 3.63) is 48.0 Å². The van der Waals surface area contributed by atoms with Gasteiger partial charge in [0.05, 0.1) is 11.3 Å². The predicted octanol–water partition coefficient (Wildman–Crippen LogP) is 1.78. The van der Waals surface area contributed by atoms with Gasteiger partial charge in [-0.05, 0) is 37.1 Å². The number of aromatic carboxylic acids is 1. The van der Waals surface area contributed by atoms with E-state index in [1.54, 1.807) is 24.3 Å². The van der Waals surface area contributed by atoms with E-state index in [4.69, 9.17) is 9.88 Å². The second-order valence-electron chi connectivity index (χ2n) is 5.78. The molecule has 0 atom stereocenters. The molecule has 1 saturated heterocycles. The second-order valence-corrected chi connectivity index (χ2v) is 7.31. The molecule has 0 aromatic heterocycles. The van der Waals surface area contributed by atoms with Crippen LogP contribution < -0.4 is 14.8 Å². The second kappa shape index (κ2) is 8.41. The zero-order chi connectivity index (χ0) is 18.0. The number of rotatable bonds is 5. The van der Waals surface area contributed by atoms with Gasteiger partial charge in [-0.2, -0.15) is 0 Å². The molecule has 2 aromatic rings. The zero-order valence-corrected chi connectivity index (χ0v) is 14.2. The molecule has 7 nitrogen and oxygen atoms in total. The third-order valence-electron chi connectivity index (χ3n) is 4.00. The van der Waals surface area contributed by atoms with Crippen LogP contribution in [0.15, 0.2) is 47.4 Å². The number of benzene rings is 2. The number of hydrogen-bond donors (Lipinski definition) is 2. The van der Waals surface area contributed by atoms with E-state index in [0.717, 1.165) is 18.9 Å². The minimum atomic E-state index is -4.18. The molecule has 0 unspecified atom stereocenters. The van der Waals surface area contributed by atoms with Crippen molar-refractivity contribution in [2.45, 2.75) is 17.7 Å². The van der Waals surface area contributed by atoms with Crippen LogP contribution in [0.2, 0.25) is 0 Å². The molecule has 26 heavy (non-hydrogen) atoms. The van der Waals surface area contributed by atoms with Gasteiger partial charge in [0, 0.05) is 13.1 Å². The molecular weight excluding hydrogens is 367 g/mol. The van der Waals surface area contributed by atoms with Crippen molar-refractivity contribution in [1.82, 2.24) is 0 Å². The number of anilines is 1. The fourth-order valence-corrected chi connectivity index (χ4v) is 3.52. The standard InChI is InChI=1S/C17H18N2O5S.Na.H/c18-25(22,23)15-11-12(17(20)21)10-14(19-8-4-5-9-19)16(15)24-13-6-2-1-3-7-13;;/h1-3,6-7,10-11H,4-5,8-9H2,(H,20,21)(H2,18,22,23);;. The summed E-state index contributed by atoms with van der Waals surface area (Å²) in [4.78, 5) is 13.0. The number of hydrogen-bond acceptors (Lipinski definition) is 5. The molecule has 3 N–H and O–H groups in total. The molecule has 2 aromatic carbocycles. The van der Waals surface area contributed by atoms with Crippen LogP contribution in [0, 0.1) is 0 Å². The van der Waals surface area contributed by atoms with Gasteiger partial charge < -0.3 is 14.7 Å². The van der Waals surface area contributed by atoms with E-state index >= 15 is 0 Å². The van der Waals surface area contributed by atoms with Gasteiger partial charge in [0.1, 0.15) is 10.6 Å². The van der Waals surface area contributed by atoms with Crippen molar-refractivity contribution < 1.29 is 23.1 Å². The molecule has 0 spiro atoms. The van der Waals surface area contributed by atoms with Gasteiger partial charge in [-0.15, -0.1) is 0 Å². The summed E-state index contributed by atoms with van der Waals surface area (Å²) >= 11 is 0. The monoisotopic (exact) mass is 386 g/mol. The Morgan fingerprint density at radius 2 is 1.73 bits per heavy atom. The summed E-state index contributed by atoms with van der Waals surface area (Å²) in [7, 11) is -4.18. The molecule has 0 bridgehead atoms. The number of carbonyl (C=O) groups is 1. The van der Waals surface area contributed by atoms with Crippen molar-refractivity contribution in [1.29, 1.82) is 0 Å². The summed E-state index contributed by atoms with van der Waals surface area (Å²) < 4.78 is 30.0. The Morgan fingerprint density at radius 1 is 1.12 bits per heavy atom. The molecule has 0 saturated carbocycles. The summed E-state index contributed by atoms with van der Waals surface area (Å²) in [6.45, 7) is 1.39. The third-order valence-corrected chi connectivity index (χ3v) is 4.91. The van der Waals surface area contributed by atoms with Crippen LogP contribution in [0.25, 0.3) is 0 Å². The van der Waals surface area contributed by atoms with Gasteiger partial charge in [0.2, 0.25) is 10.0 Å². The average Bonchev–Trinajstić information content (AvgIpc) is 3.09. The summed E-state index contributed by atoms with van der Waals surface area (Å²) in [5, 5.41) is 14.7. The Morgan fingerprint density at radius 3 is 2.27 bits per heavy atom. The number of nitrogens with zero attached hydrogens (tertiary/aromatic N) is 1. The first kappa shape index (κ1) is 20.7. The maximum absolute atomic E-state index is 12.1. The minimum absolute atomic E-state index is 0. The van der Waals surface area contributed by atoms with Gasteiger partial charge in [-0.25, -0.2) is 18.4 Å². The van der Waals surface area contributed by atoms with Gasteiger partial charge in [0.25, 0.3) is 0 Å². The van der Waals surface area contributed by atoms with E-state index in [2.05, 4.69) is 0 Å². The number of carboxylic acid groups (broad SMARTS) is 1.